The Morgan fingerprint density at radius 3 is 2.26 bits per heavy atom. The number of nitro benzene ring substituents is 1. The number of non-ortho nitro benzene ring substituents is 1. The van der Waals surface area contributed by atoms with Gasteiger partial charge in [-0.15, -0.1) is 0 Å². The van der Waals surface area contributed by atoms with E-state index in [1.807, 2.05) is 13.8 Å². The molecule has 6 heteroatoms. The summed E-state index contributed by atoms with van der Waals surface area (Å²) in [5, 5.41) is 10.6. The smallest absolute Gasteiger partial charge is 0.390 e. The van der Waals surface area contributed by atoms with Crippen LogP contribution in [0.2, 0.25) is 0 Å². The third-order valence-electron chi connectivity index (χ3n) is 3.01. The Kier molecular flexibility index (Phi) is 5.14. The van der Waals surface area contributed by atoms with Crippen molar-refractivity contribution in [1.82, 2.24) is 0 Å². The van der Waals surface area contributed by atoms with Crippen molar-refractivity contribution in [2.75, 3.05) is 0 Å². The van der Waals surface area contributed by atoms with Crippen molar-refractivity contribution in [3.05, 3.63) is 67.7 Å². The Labute approximate surface area is 141 Å². The van der Waals surface area contributed by atoms with E-state index in [4.69, 9.17) is 4.74 Å². The third kappa shape index (κ3) is 4.41. The van der Waals surface area contributed by atoms with Gasteiger partial charge in [-0.25, -0.2) is 4.79 Å². The van der Waals surface area contributed by atoms with Gasteiger partial charge in [-0.3, -0.25) is 10.1 Å². The summed E-state index contributed by atoms with van der Waals surface area (Å²) in [7, 11) is 0. The molecule has 0 radical (unpaired) electrons. The van der Waals surface area contributed by atoms with Crippen molar-refractivity contribution >= 4 is 27.6 Å². The first-order chi connectivity index (χ1) is 10.9. The van der Waals surface area contributed by atoms with Gasteiger partial charge in [0, 0.05) is 28.1 Å². The molecule has 2 aromatic carbocycles. The van der Waals surface area contributed by atoms with Gasteiger partial charge in [0.15, 0.2) is 0 Å². The van der Waals surface area contributed by atoms with Crippen LogP contribution in [0.3, 0.4) is 0 Å². The largest absolute Gasteiger partial charge is 0.417 e. The van der Waals surface area contributed by atoms with Gasteiger partial charge in [0.05, 0.1) is 4.92 Å². The average molecular weight is 374 g/mol. The number of hydrogen-bond acceptors (Lipinski definition) is 4. The number of benzene rings is 2. The summed E-state index contributed by atoms with van der Waals surface area (Å²) >= 11 is 3.44. The number of rotatable bonds is 2. The lowest BCUT2D eigenvalue weighted by atomic mass is 10.1. The first-order valence-corrected chi connectivity index (χ1v) is 7.41. The van der Waals surface area contributed by atoms with Gasteiger partial charge in [-0.05, 0) is 49.2 Å². The fourth-order valence-corrected chi connectivity index (χ4v) is 2.12. The predicted molar refractivity (Wildman–Crippen MR) is 89.2 cm³/mol. The molecule has 0 aliphatic heterocycles. The molecule has 2 aromatic rings. The van der Waals surface area contributed by atoms with E-state index in [2.05, 4.69) is 27.8 Å². The SMILES string of the molecule is Cc1cc(OC(=O)C#Cc2ccc([N+](=O)[O-])cc2)cc(C)c1Br. The molecule has 0 saturated carbocycles. The molecule has 0 aliphatic carbocycles. The van der Waals surface area contributed by atoms with E-state index in [1.165, 1.54) is 24.3 Å². The maximum atomic E-state index is 11.8. The average Bonchev–Trinajstić information content (AvgIpc) is 2.51. The van der Waals surface area contributed by atoms with Crippen LogP contribution < -0.4 is 4.74 Å². The second-order valence-electron chi connectivity index (χ2n) is 4.81. The number of carbonyl (C=O) groups is 1. The molecule has 0 amide bonds. The van der Waals surface area contributed by atoms with Crippen LogP contribution in [0.5, 0.6) is 5.75 Å². The molecule has 23 heavy (non-hydrogen) atoms. The summed E-state index contributed by atoms with van der Waals surface area (Å²) in [6.07, 6.45) is 0. The van der Waals surface area contributed by atoms with Crippen LogP contribution >= 0.6 is 15.9 Å². The third-order valence-corrected chi connectivity index (χ3v) is 4.26. The molecule has 0 unspecified atom stereocenters. The number of ether oxygens (including phenoxy) is 1. The summed E-state index contributed by atoms with van der Waals surface area (Å²) in [6.45, 7) is 3.80. The van der Waals surface area contributed by atoms with Crippen LogP contribution in [0.4, 0.5) is 5.69 Å². The number of hydrogen-bond donors (Lipinski definition) is 0. The van der Waals surface area contributed by atoms with Crippen LogP contribution in [-0.2, 0) is 4.79 Å². The molecular weight excluding hydrogens is 362 g/mol. The van der Waals surface area contributed by atoms with Crippen LogP contribution in [0, 0.1) is 35.8 Å². The van der Waals surface area contributed by atoms with Gasteiger partial charge in [-0.1, -0.05) is 21.9 Å². The summed E-state index contributed by atoms with van der Waals surface area (Å²) < 4.78 is 6.14. The number of carbonyl (C=O) groups excluding carboxylic acids is 1. The number of nitrogens with zero attached hydrogens (tertiary/aromatic N) is 1. The van der Waals surface area contributed by atoms with E-state index in [9.17, 15) is 14.9 Å². The lowest BCUT2D eigenvalue weighted by Crippen LogP contribution is -2.05. The molecule has 0 saturated heterocycles. The van der Waals surface area contributed by atoms with Crippen molar-refractivity contribution < 1.29 is 14.5 Å². The van der Waals surface area contributed by atoms with E-state index in [-0.39, 0.29) is 5.69 Å². The normalized spacial score (nSPS) is 9.70. The highest BCUT2D eigenvalue weighted by Gasteiger charge is 2.06. The molecule has 0 heterocycles. The minimum Gasteiger partial charge on any atom is -0.417 e. The van der Waals surface area contributed by atoms with Crippen LogP contribution in [-0.4, -0.2) is 10.9 Å². The van der Waals surface area contributed by atoms with Gasteiger partial charge in [0.25, 0.3) is 5.69 Å². The molecular formula is C17H12BrNO4. The number of halogens is 1. The van der Waals surface area contributed by atoms with Crippen molar-refractivity contribution in [2.45, 2.75) is 13.8 Å². The Balaban J connectivity index is 2.10. The predicted octanol–water partition coefficient (Wildman–Crippen LogP) is 3.93. The second kappa shape index (κ2) is 7.07. The van der Waals surface area contributed by atoms with Crippen molar-refractivity contribution in [3.8, 4) is 17.6 Å². The summed E-state index contributed by atoms with van der Waals surface area (Å²) in [6, 6.07) is 9.09. The fourth-order valence-electron chi connectivity index (χ4n) is 1.89. The van der Waals surface area contributed by atoms with Gasteiger partial charge < -0.3 is 4.74 Å². The molecule has 0 spiro atoms. The zero-order valence-corrected chi connectivity index (χ0v) is 14.0. The number of esters is 1. The quantitative estimate of drug-likeness (QED) is 0.263. The molecule has 0 atom stereocenters. The van der Waals surface area contributed by atoms with Crippen molar-refractivity contribution in [2.24, 2.45) is 0 Å². The zero-order valence-electron chi connectivity index (χ0n) is 12.4. The highest BCUT2D eigenvalue weighted by molar-refractivity contribution is 9.10. The Morgan fingerprint density at radius 1 is 1.17 bits per heavy atom. The zero-order chi connectivity index (χ0) is 17.0. The molecule has 116 valence electrons. The Morgan fingerprint density at radius 2 is 1.74 bits per heavy atom. The maximum absolute atomic E-state index is 11.8. The summed E-state index contributed by atoms with van der Waals surface area (Å²) in [5.74, 6) is 4.70. The van der Waals surface area contributed by atoms with E-state index in [0.29, 0.717) is 11.3 Å². The first kappa shape index (κ1) is 16.7. The lowest BCUT2D eigenvalue weighted by Gasteiger charge is -2.06. The topological polar surface area (TPSA) is 69.4 Å². The second-order valence-corrected chi connectivity index (χ2v) is 5.61. The summed E-state index contributed by atoms with van der Waals surface area (Å²) in [5.41, 5.74) is 2.38. The number of aryl methyl sites for hydroxylation is 2. The Bertz CT molecular complexity index is 809. The van der Waals surface area contributed by atoms with E-state index < -0.39 is 10.9 Å². The van der Waals surface area contributed by atoms with Crippen molar-refractivity contribution in [3.63, 3.8) is 0 Å². The molecule has 0 aliphatic rings. The van der Waals surface area contributed by atoms with Gasteiger partial charge in [0.2, 0.25) is 0 Å². The molecule has 0 aromatic heterocycles. The standard InChI is InChI=1S/C17H12BrNO4/c1-11-9-15(10-12(2)17(11)18)23-16(20)8-5-13-3-6-14(7-4-13)19(21)22/h3-4,6-7,9-10H,1-2H3. The van der Waals surface area contributed by atoms with E-state index in [1.54, 1.807) is 12.1 Å². The van der Waals surface area contributed by atoms with E-state index in [0.717, 1.165) is 15.6 Å². The van der Waals surface area contributed by atoms with Crippen LogP contribution in [0.15, 0.2) is 40.9 Å². The highest BCUT2D eigenvalue weighted by Crippen LogP contribution is 2.26. The fraction of sp³-hybridized carbons (Fsp3) is 0.118. The van der Waals surface area contributed by atoms with Gasteiger partial charge >= 0.3 is 5.97 Å². The molecule has 5 nitrogen and oxygen atoms in total. The van der Waals surface area contributed by atoms with Gasteiger partial charge in [-0.2, -0.15) is 0 Å². The van der Waals surface area contributed by atoms with E-state index >= 15 is 0 Å². The van der Waals surface area contributed by atoms with Crippen molar-refractivity contribution in [1.29, 1.82) is 0 Å². The van der Waals surface area contributed by atoms with Crippen LogP contribution in [0.25, 0.3) is 0 Å². The molecule has 0 fully saturated rings. The minimum atomic E-state index is -0.690. The first-order valence-electron chi connectivity index (χ1n) is 6.62. The molecule has 2 rings (SSSR count). The monoisotopic (exact) mass is 373 g/mol. The van der Waals surface area contributed by atoms with Crippen LogP contribution in [0.1, 0.15) is 16.7 Å². The lowest BCUT2D eigenvalue weighted by molar-refractivity contribution is -0.384. The maximum Gasteiger partial charge on any atom is 0.390 e. The van der Waals surface area contributed by atoms with Gasteiger partial charge in [0.1, 0.15) is 5.75 Å². The Hall–Kier alpha value is -2.65. The molecule has 0 N–H and O–H groups in total. The summed E-state index contributed by atoms with van der Waals surface area (Å²) in [4.78, 5) is 21.8. The minimum absolute atomic E-state index is 0.0288. The number of nitro groups is 1. The highest BCUT2D eigenvalue weighted by atomic mass is 79.9. The molecule has 0 bridgehead atoms.